The topological polar surface area (TPSA) is 41.5 Å². The molecule has 106 valence electrons. The van der Waals surface area contributed by atoms with Crippen molar-refractivity contribution in [3.05, 3.63) is 28.7 Å². The van der Waals surface area contributed by atoms with Crippen LogP contribution in [0.25, 0.3) is 0 Å². The SMILES string of the molecule is CC1(C)CC(CO)(Nc2ccc(Br)cc2)C(C)(C)O1. The van der Waals surface area contributed by atoms with Crippen LogP contribution < -0.4 is 5.32 Å². The molecule has 0 aliphatic carbocycles. The van der Waals surface area contributed by atoms with E-state index in [0.717, 1.165) is 16.6 Å². The normalized spacial score (nSPS) is 28.3. The van der Waals surface area contributed by atoms with Gasteiger partial charge in [-0.3, -0.25) is 0 Å². The summed E-state index contributed by atoms with van der Waals surface area (Å²) in [4.78, 5) is 0. The molecule has 1 aromatic carbocycles. The van der Waals surface area contributed by atoms with Gasteiger partial charge in [0.05, 0.1) is 23.3 Å². The molecule has 2 N–H and O–H groups in total. The molecular weight excluding hydrogens is 306 g/mol. The van der Waals surface area contributed by atoms with Crippen LogP contribution in [-0.4, -0.2) is 28.5 Å². The molecule has 0 bridgehead atoms. The summed E-state index contributed by atoms with van der Waals surface area (Å²) >= 11 is 3.43. The highest BCUT2D eigenvalue weighted by molar-refractivity contribution is 9.10. The highest BCUT2D eigenvalue weighted by Crippen LogP contribution is 2.46. The Balaban J connectivity index is 2.30. The van der Waals surface area contributed by atoms with Gasteiger partial charge in [-0.05, 0) is 52.0 Å². The Labute approximate surface area is 123 Å². The molecule has 0 aromatic heterocycles. The zero-order chi connectivity index (χ0) is 14.3. The minimum absolute atomic E-state index is 0.0412. The molecule has 0 amide bonds. The van der Waals surface area contributed by atoms with Crippen LogP contribution >= 0.6 is 15.9 Å². The second kappa shape index (κ2) is 4.76. The van der Waals surface area contributed by atoms with E-state index in [4.69, 9.17) is 4.74 Å². The lowest BCUT2D eigenvalue weighted by Gasteiger charge is -2.39. The van der Waals surface area contributed by atoms with E-state index in [1.165, 1.54) is 0 Å². The van der Waals surface area contributed by atoms with E-state index >= 15 is 0 Å². The van der Waals surface area contributed by atoms with Crippen molar-refractivity contribution in [2.45, 2.75) is 50.9 Å². The number of nitrogens with one attached hydrogen (secondary N) is 1. The number of aliphatic hydroxyl groups is 1. The van der Waals surface area contributed by atoms with Gasteiger partial charge in [0.25, 0.3) is 0 Å². The monoisotopic (exact) mass is 327 g/mol. The minimum Gasteiger partial charge on any atom is -0.394 e. The van der Waals surface area contributed by atoms with Gasteiger partial charge >= 0.3 is 0 Å². The molecule has 0 radical (unpaired) electrons. The molecule has 2 rings (SSSR count). The molecule has 1 aliphatic rings. The van der Waals surface area contributed by atoms with Gasteiger partial charge in [0.2, 0.25) is 0 Å². The fourth-order valence-corrected chi connectivity index (χ4v) is 3.32. The number of halogens is 1. The van der Waals surface area contributed by atoms with Crippen LogP contribution in [0, 0.1) is 0 Å². The van der Waals surface area contributed by atoms with Gasteiger partial charge < -0.3 is 15.2 Å². The number of aliphatic hydroxyl groups excluding tert-OH is 1. The average molecular weight is 328 g/mol. The summed E-state index contributed by atoms with van der Waals surface area (Å²) in [5.41, 5.74) is -0.149. The van der Waals surface area contributed by atoms with Crippen LogP contribution in [0.5, 0.6) is 0 Å². The van der Waals surface area contributed by atoms with E-state index in [1.807, 2.05) is 38.1 Å². The quantitative estimate of drug-likeness (QED) is 0.891. The summed E-state index contributed by atoms with van der Waals surface area (Å²) in [5.74, 6) is 0. The van der Waals surface area contributed by atoms with Crippen molar-refractivity contribution in [2.24, 2.45) is 0 Å². The first-order valence-corrected chi connectivity index (χ1v) is 7.34. The van der Waals surface area contributed by atoms with Crippen molar-refractivity contribution < 1.29 is 9.84 Å². The summed E-state index contributed by atoms with van der Waals surface area (Å²) in [7, 11) is 0. The molecule has 1 aliphatic heterocycles. The zero-order valence-corrected chi connectivity index (χ0v) is 13.5. The van der Waals surface area contributed by atoms with Crippen molar-refractivity contribution >= 4 is 21.6 Å². The standard InChI is InChI=1S/C15H22BrNO2/c1-13(2)9-15(10-18,14(3,4)19-13)17-12-7-5-11(16)6-8-12/h5-8,17-18H,9-10H2,1-4H3. The number of anilines is 1. The predicted octanol–water partition coefficient (Wildman–Crippen LogP) is 3.57. The fourth-order valence-electron chi connectivity index (χ4n) is 3.05. The molecule has 1 unspecified atom stereocenters. The smallest absolute Gasteiger partial charge is 0.0916 e. The molecule has 0 saturated carbocycles. The second-order valence-electron chi connectivity index (χ2n) is 6.42. The van der Waals surface area contributed by atoms with E-state index in [2.05, 4.69) is 35.1 Å². The summed E-state index contributed by atoms with van der Waals surface area (Å²) < 4.78 is 7.15. The lowest BCUT2D eigenvalue weighted by molar-refractivity contribution is -0.0808. The largest absolute Gasteiger partial charge is 0.394 e. The summed E-state index contributed by atoms with van der Waals surface area (Å²) in [6, 6.07) is 7.98. The van der Waals surface area contributed by atoms with Gasteiger partial charge in [0, 0.05) is 16.6 Å². The average Bonchev–Trinajstić information content (AvgIpc) is 2.47. The lowest BCUT2D eigenvalue weighted by Crippen LogP contribution is -2.55. The molecule has 1 fully saturated rings. The van der Waals surface area contributed by atoms with Gasteiger partial charge in [-0.1, -0.05) is 15.9 Å². The maximum Gasteiger partial charge on any atom is 0.0916 e. The highest BCUT2D eigenvalue weighted by Gasteiger charge is 2.57. The number of hydrogen-bond acceptors (Lipinski definition) is 3. The zero-order valence-electron chi connectivity index (χ0n) is 12.0. The maximum atomic E-state index is 9.95. The third kappa shape index (κ3) is 2.81. The summed E-state index contributed by atoms with van der Waals surface area (Å²) in [5, 5.41) is 13.4. The molecule has 4 heteroatoms. The molecule has 3 nitrogen and oxygen atoms in total. The first-order chi connectivity index (χ1) is 8.70. The molecule has 0 spiro atoms. The minimum atomic E-state index is -0.468. The van der Waals surface area contributed by atoms with Crippen LogP contribution in [0.2, 0.25) is 0 Å². The maximum absolute atomic E-state index is 9.95. The third-order valence-corrected chi connectivity index (χ3v) is 4.44. The van der Waals surface area contributed by atoms with Crippen LogP contribution in [-0.2, 0) is 4.74 Å². The molecule has 1 atom stereocenters. The number of benzene rings is 1. The van der Waals surface area contributed by atoms with Gasteiger partial charge in [-0.2, -0.15) is 0 Å². The molecule has 1 aromatic rings. The highest BCUT2D eigenvalue weighted by atomic mass is 79.9. The lowest BCUT2D eigenvalue weighted by atomic mass is 9.79. The first-order valence-electron chi connectivity index (χ1n) is 6.55. The Morgan fingerprint density at radius 3 is 2.21 bits per heavy atom. The number of hydrogen-bond donors (Lipinski definition) is 2. The van der Waals surface area contributed by atoms with E-state index in [1.54, 1.807) is 0 Å². The molecule has 1 saturated heterocycles. The van der Waals surface area contributed by atoms with E-state index in [9.17, 15) is 5.11 Å². The van der Waals surface area contributed by atoms with Crippen molar-refractivity contribution in [3.8, 4) is 0 Å². The van der Waals surface area contributed by atoms with Gasteiger partial charge in [-0.25, -0.2) is 0 Å². The third-order valence-electron chi connectivity index (χ3n) is 3.91. The second-order valence-corrected chi connectivity index (χ2v) is 7.34. The Bertz CT molecular complexity index is 456. The van der Waals surface area contributed by atoms with Gasteiger partial charge in [-0.15, -0.1) is 0 Å². The van der Waals surface area contributed by atoms with Gasteiger partial charge in [0.15, 0.2) is 0 Å². The fraction of sp³-hybridized carbons (Fsp3) is 0.600. The summed E-state index contributed by atoms with van der Waals surface area (Å²) in [6.07, 6.45) is 0.763. The van der Waals surface area contributed by atoms with Crippen molar-refractivity contribution in [1.82, 2.24) is 0 Å². The first kappa shape index (κ1) is 14.8. The Morgan fingerprint density at radius 2 is 1.79 bits per heavy atom. The molecule has 1 heterocycles. The number of ether oxygens (including phenoxy) is 1. The molecule has 19 heavy (non-hydrogen) atoms. The number of rotatable bonds is 3. The predicted molar refractivity (Wildman–Crippen MR) is 81.4 cm³/mol. The van der Waals surface area contributed by atoms with E-state index in [0.29, 0.717) is 0 Å². The van der Waals surface area contributed by atoms with Crippen molar-refractivity contribution in [3.63, 3.8) is 0 Å². The Kier molecular flexibility index (Phi) is 3.71. The summed E-state index contributed by atoms with van der Waals surface area (Å²) in [6.45, 7) is 8.23. The molecular formula is C15H22BrNO2. The van der Waals surface area contributed by atoms with Crippen LogP contribution in [0.15, 0.2) is 28.7 Å². The Hall–Kier alpha value is -0.580. The van der Waals surface area contributed by atoms with Crippen LogP contribution in [0.3, 0.4) is 0 Å². The van der Waals surface area contributed by atoms with Gasteiger partial charge in [0.1, 0.15) is 0 Å². The van der Waals surface area contributed by atoms with E-state index < -0.39 is 11.1 Å². The van der Waals surface area contributed by atoms with Crippen molar-refractivity contribution in [1.29, 1.82) is 0 Å². The van der Waals surface area contributed by atoms with Crippen LogP contribution in [0.1, 0.15) is 34.1 Å². The van der Waals surface area contributed by atoms with Crippen LogP contribution in [0.4, 0.5) is 5.69 Å². The Morgan fingerprint density at radius 1 is 1.21 bits per heavy atom. The van der Waals surface area contributed by atoms with Crippen molar-refractivity contribution in [2.75, 3.05) is 11.9 Å². The van der Waals surface area contributed by atoms with E-state index in [-0.39, 0.29) is 12.2 Å².